The van der Waals surface area contributed by atoms with Crippen LogP contribution in [0, 0.1) is 0 Å². The topological polar surface area (TPSA) is 58.6 Å². The Morgan fingerprint density at radius 1 is 1.44 bits per heavy atom. The summed E-state index contributed by atoms with van der Waals surface area (Å²) in [6.45, 7) is 0.876. The molecular weight excluding hydrogens is 320 g/mol. The van der Waals surface area contributed by atoms with Gasteiger partial charge in [0, 0.05) is 37.1 Å². The van der Waals surface area contributed by atoms with Crippen molar-refractivity contribution in [3.8, 4) is 5.75 Å². The molecule has 0 saturated heterocycles. The Kier molecular flexibility index (Phi) is 3.96. The first-order valence-corrected chi connectivity index (χ1v) is 7.74. The summed E-state index contributed by atoms with van der Waals surface area (Å²) in [6, 6.07) is 3.88. The van der Waals surface area contributed by atoms with Crippen molar-refractivity contribution in [2.45, 2.75) is 13.0 Å². The molecule has 1 aliphatic heterocycles. The molecule has 5 nitrogen and oxygen atoms in total. The second-order valence-corrected chi connectivity index (χ2v) is 7.14. The second kappa shape index (κ2) is 5.16. The fourth-order valence-electron chi connectivity index (χ4n) is 1.78. The molecule has 0 aliphatic carbocycles. The standard InChI is InChI=1S/C11H15BrN2O3S/c1-14(2)18(15,16)13-7-9-6-10(12)5-8-3-4-17-11(8)9/h5-6,13H,3-4,7H2,1-2H3. The lowest BCUT2D eigenvalue weighted by Crippen LogP contribution is -2.35. The molecule has 7 heteroatoms. The van der Waals surface area contributed by atoms with E-state index in [0.717, 1.165) is 32.1 Å². The second-order valence-electron chi connectivity index (χ2n) is 4.26. The molecule has 0 saturated carbocycles. The van der Waals surface area contributed by atoms with Gasteiger partial charge in [0.15, 0.2) is 0 Å². The molecule has 1 N–H and O–H groups in total. The number of fused-ring (bicyclic) bond motifs is 1. The van der Waals surface area contributed by atoms with Crippen molar-refractivity contribution in [3.05, 3.63) is 27.7 Å². The molecule has 0 fully saturated rings. The number of ether oxygens (including phenoxy) is 1. The first-order chi connectivity index (χ1) is 8.40. The molecule has 1 aliphatic rings. The van der Waals surface area contributed by atoms with E-state index in [2.05, 4.69) is 20.7 Å². The highest BCUT2D eigenvalue weighted by molar-refractivity contribution is 9.10. The normalized spacial score (nSPS) is 14.7. The molecule has 0 radical (unpaired) electrons. The maximum absolute atomic E-state index is 11.7. The molecular formula is C11H15BrN2O3S. The van der Waals surface area contributed by atoms with Gasteiger partial charge in [0.05, 0.1) is 6.61 Å². The molecule has 0 aromatic heterocycles. The van der Waals surface area contributed by atoms with Gasteiger partial charge in [0.25, 0.3) is 10.2 Å². The van der Waals surface area contributed by atoms with Crippen molar-refractivity contribution >= 4 is 26.1 Å². The van der Waals surface area contributed by atoms with Gasteiger partial charge in [-0.05, 0) is 17.7 Å². The first-order valence-electron chi connectivity index (χ1n) is 5.51. The van der Waals surface area contributed by atoms with E-state index >= 15 is 0 Å². The number of halogens is 1. The predicted octanol–water partition coefficient (Wildman–Crippen LogP) is 1.28. The Morgan fingerprint density at radius 3 is 2.83 bits per heavy atom. The van der Waals surface area contributed by atoms with Crippen LogP contribution in [0.4, 0.5) is 0 Å². The van der Waals surface area contributed by atoms with Crippen LogP contribution in [0.1, 0.15) is 11.1 Å². The Bertz CT molecular complexity index is 558. The van der Waals surface area contributed by atoms with Gasteiger partial charge >= 0.3 is 0 Å². The summed E-state index contributed by atoms with van der Waals surface area (Å²) in [4.78, 5) is 0. The smallest absolute Gasteiger partial charge is 0.279 e. The highest BCUT2D eigenvalue weighted by Gasteiger charge is 2.19. The molecule has 0 unspecified atom stereocenters. The Hall–Kier alpha value is -0.630. The third-order valence-electron chi connectivity index (χ3n) is 2.75. The van der Waals surface area contributed by atoms with Gasteiger partial charge in [-0.2, -0.15) is 17.4 Å². The van der Waals surface area contributed by atoms with Crippen LogP contribution in [0.3, 0.4) is 0 Å². The summed E-state index contributed by atoms with van der Waals surface area (Å²) in [5.74, 6) is 0.805. The SMILES string of the molecule is CN(C)S(=O)(=O)NCc1cc(Br)cc2c1OCC2. The third kappa shape index (κ3) is 2.85. The minimum absolute atomic E-state index is 0.224. The molecule has 1 heterocycles. The zero-order valence-electron chi connectivity index (χ0n) is 10.2. The quantitative estimate of drug-likeness (QED) is 0.902. The summed E-state index contributed by atoms with van der Waals surface area (Å²) in [5.41, 5.74) is 1.96. The van der Waals surface area contributed by atoms with Crippen LogP contribution in [0.2, 0.25) is 0 Å². The van der Waals surface area contributed by atoms with Crippen molar-refractivity contribution in [1.82, 2.24) is 9.03 Å². The van der Waals surface area contributed by atoms with E-state index in [-0.39, 0.29) is 6.54 Å². The van der Waals surface area contributed by atoms with Gasteiger partial charge in [-0.15, -0.1) is 0 Å². The molecule has 1 aromatic rings. The van der Waals surface area contributed by atoms with Gasteiger partial charge in [-0.1, -0.05) is 15.9 Å². The van der Waals surface area contributed by atoms with Crippen LogP contribution < -0.4 is 9.46 Å². The number of rotatable bonds is 4. The number of nitrogens with one attached hydrogen (secondary N) is 1. The van der Waals surface area contributed by atoms with E-state index in [9.17, 15) is 8.42 Å². The Labute approximate surface area is 115 Å². The maximum Gasteiger partial charge on any atom is 0.279 e. The van der Waals surface area contributed by atoms with E-state index in [1.165, 1.54) is 14.1 Å². The number of nitrogens with zero attached hydrogens (tertiary/aromatic N) is 1. The molecule has 100 valence electrons. The summed E-state index contributed by atoms with van der Waals surface area (Å²) in [6.07, 6.45) is 0.863. The first kappa shape index (κ1) is 13.8. The van der Waals surface area contributed by atoms with Crippen molar-refractivity contribution in [3.63, 3.8) is 0 Å². The fraction of sp³-hybridized carbons (Fsp3) is 0.455. The number of hydrogen-bond acceptors (Lipinski definition) is 3. The summed E-state index contributed by atoms with van der Waals surface area (Å²) in [5, 5.41) is 0. The van der Waals surface area contributed by atoms with Crippen molar-refractivity contribution < 1.29 is 13.2 Å². The van der Waals surface area contributed by atoms with Crippen molar-refractivity contribution in [1.29, 1.82) is 0 Å². The summed E-state index contributed by atoms with van der Waals surface area (Å²) in [7, 11) is -0.434. The zero-order valence-corrected chi connectivity index (χ0v) is 12.6. The van der Waals surface area contributed by atoms with Crippen molar-refractivity contribution in [2.24, 2.45) is 0 Å². The van der Waals surface area contributed by atoms with Crippen molar-refractivity contribution in [2.75, 3.05) is 20.7 Å². The number of benzene rings is 1. The lowest BCUT2D eigenvalue weighted by molar-refractivity contribution is 0.353. The van der Waals surface area contributed by atoms with Crippen LogP contribution in [-0.2, 0) is 23.2 Å². The minimum Gasteiger partial charge on any atom is -0.493 e. The van der Waals surface area contributed by atoms with E-state index in [1.807, 2.05) is 12.1 Å². The van der Waals surface area contributed by atoms with Gasteiger partial charge in [-0.3, -0.25) is 0 Å². The van der Waals surface area contributed by atoms with Crippen LogP contribution >= 0.6 is 15.9 Å². The average molecular weight is 335 g/mol. The predicted molar refractivity (Wildman–Crippen MR) is 72.8 cm³/mol. The summed E-state index contributed by atoms with van der Waals surface area (Å²) >= 11 is 3.42. The molecule has 0 amide bonds. The largest absolute Gasteiger partial charge is 0.493 e. The van der Waals surface area contributed by atoms with E-state index in [4.69, 9.17) is 4.74 Å². The molecule has 0 spiro atoms. The molecule has 0 bridgehead atoms. The lowest BCUT2D eigenvalue weighted by atomic mass is 10.1. The van der Waals surface area contributed by atoms with Crippen LogP contribution in [0.25, 0.3) is 0 Å². The lowest BCUT2D eigenvalue weighted by Gasteiger charge is -2.14. The third-order valence-corrected chi connectivity index (χ3v) is 4.68. The van der Waals surface area contributed by atoms with E-state index in [1.54, 1.807) is 0 Å². The molecule has 1 aromatic carbocycles. The van der Waals surface area contributed by atoms with Crippen LogP contribution in [0.5, 0.6) is 5.75 Å². The molecule has 2 rings (SSSR count). The Balaban J connectivity index is 2.21. The highest BCUT2D eigenvalue weighted by atomic mass is 79.9. The van der Waals surface area contributed by atoms with Crippen LogP contribution in [0.15, 0.2) is 16.6 Å². The molecule has 18 heavy (non-hydrogen) atoms. The van der Waals surface area contributed by atoms with E-state index < -0.39 is 10.2 Å². The fourth-order valence-corrected chi connectivity index (χ4v) is 2.92. The summed E-state index contributed by atoms with van der Waals surface area (Å²) < 4.78 is 33.5. The monoisotopic (exact) mass is 334 g/mol. The van der Waals surface area contributed by atoms with Crippen LogP contribution in [-0.4, -0.2) is 33.4 Å². The van der Waals surface area contributed by atoms with Gasteiger partial charge in [0.2, 0.25) is 0 Å². The molecule has 0 atom stereocenters. The van der Waals surface area contributed by atoms with Gasteiger partial charge < -0.3 is 4.74 Å². The number of hydrogen-bond donors (Lipinski definition) is 1. The maximum atomic E-state index is 11.7. The van der Waals surface area contributed by atoms with E-state index in [0.29, 0.717) is 6.61 Å². The van der Waals surface area contributed by atoms with Gasteiger partial charge in [0.1, 0.15) is 5.75 Å². The minimum atomic E-state index is -3.41. The average Bonchev–Trinajstić information content (AvgIpc) is 2.73. The van der Waals surface area contributed by atoms with Gasteiger partial charge in [-0.25, -0.2) is 0 Å². The Morgan fingerprint density at radius 2 is 2.17 bits per heavy atom. The highest BCUT2D eigenvalue weighted by Crippen LogP contribution is 2.32. The zero-order chi connectivity index (χ0) is 13.3.